The summed E-state index contributed by atoms with van der Waals surface area (Å²) < 4.78 is 1.77. The number of hydrogen-bond donors (Lipinski definition) is 1. The summed E-state index contributed by atoms with van der Waals surface area (Å²) in [7, 11) is 1.87. The van der Waals surface area contributed by atoms with Crippen LogP contribution in [0.15, 0.2) is 67.0 Å². The Hall–Kier alpha value is -3.21. The standard InChI is InChI=1S/C19H18N4O/c1-23-17(13-18(22-23)16-9-11-20-12-10-16)14-21-19(24)8-7-15-5-3-2-4-6-15/h2-13H,14H2,1H3,(H,21,24). The van der Waals surface area contributed by atoms with E-state index in [2.05, 4.69) is 15.4 Å². The molecule has 1 N–H and O–H groups in total. The number of aromatic nitrogens is 3. The highest BCUT2D eigenvalue weighted by Crippen LogP contribution is 2.17. The number of benzene rings is 1. The predicted octanol–water partition coefficient (Wildman–Crippen LogP) is 2.81. The molecule has 0 spiro atoms. The monoisotopic (exact) mass is 318 g/mol. The molecule has 0 saturated heterocycles. The molecular weight excluding hydrogens is 300 g/mol. The molecule has 0 aliphatic carbocycles. The Morgan fingerprint density at radius 1 is 1.17 bits per heavy atom. The third kappa shape index (κ3) is 3.95. The molecule has 0 saturated carbocycles. The third-order valence-corrected chi connectivity index (χ3v) is 3.62. The van der Waals surface area contributed by atoms with Crippen LogP contribution < -0.4 is 5.32 Å². The van der Waals surface area contributed by atoms with Crippen LogP contribution in [0.3, 0.4) is 0 Å². The Morgan fingerprint density at radius 3 is 2.67 bits per heavy atom. The summed E-state index contributed by atoms with van der Waals surface area (Å²) in [6.45, 7) is 0.423. The minimum atomic E-state index is -0.134. The molecule has 0 unspecified atom stereocenters. The summed E-state index contributed by atoms with van der Waals surface area (Å²) in [5, 5.41) is 7.35. The Kier molecular flexibility index (Phi) is 4.81. The predicted molar refractivity (Wildman–Crippen MR) is 93.8 cm³/mol. The number of rotatable bonds is 5. The second-order valence-corrected chi connectivity index (χ2v) is 5.34. The van der Waals surface area contributed by atoms with Crippen LogP contribution in [0, 0.1) is 0 Å². The van der Waals surface area contributed by atoms with Crippen molar-refractivity contribution in [1.29, 1.82) is 0 Å². The lowest BCUT2D eigenvalue weighted by molar-refractivity contribution is -0.116. The van der Waals surface area contributed by atoms with Gasteiger partial charge in [-0.2, -0.15) is 5.10 Å². The average Bonchev–Trinajstić information content (AvgIpc) is 3.01. The van der Waals surface area contributed by atoms with Crippen LogP contribution in [-0.4, -0.2) is 20.7 Å². The zero-order chi connectivity index (χ0) is 16.8. The van der Waals surface area contributed by atoms with Gasteiger partial charge in [-0.25, -0.2) is 0 Å². The molecule has 5 nitrogen and oxygen atoms in total. The van der Waals surface area contributed by atoms with Crippen LogP contribution in [0.5, 0.6) is 0 Å². The normalized spacial score (nSPS) is 10.9. The highest BCUT2D eigenvalue weighted by Gasteiger charge is 2.07. The van der Waals surface area contributed by atoms with Crippen molar-refractivity contribution < 1.29 is 4.79 Å². The second kappa shape index (κ2) is 7.37. The molecule has 3 aromatic rings. The van der Waals surface area contributed by atoms with Crippen molar-refractivity contribution in [2.75, 3.05) is 0 Å². The summed E-state index contributed by atoms with van der Waals surface area (Å²) >= 11 is 0. The van der Waals surface area contributed by atoms with Crippen molar-refractivity contribution in [2.45, 2.75) is 6.54 Å². The van der Waals surface area contributed by atoms with Crippen LogP contribution in [0.25, 0.3) is 17.3 Å². The maximum absolute atomic E-state index is 11.9. The third-order valence-electron chi connectivity index (χ3n) is 3.62. The lowest BCUT2D eigenvalue weighted by Gasteiger charge is -2.02. The Morgan fingerprint density at radius 2 is 1.92 bits per heavy atom. The van der Waals surface area contributed by atoms with Crippen LogP contribution in [0.4, 0.5) is 0 Å². The molecule has 3 rings (SSSR count). The first-order valence-electron chi connectivity index (χ1n) is 7.66. The van der Waals surface area contributed by atoms with E-state index in [0.717, 1.165) is 22.5 Å². The van der Waals surface area contributed by atoms with Gasteiger partial charge in [0, 0.05) is 31.1 Å². The lowest BCUT2D eigenvalue weighted by Crippen LogP contribution is -2.21. The number of nitrogens with zero attached hydrogens (tertiary/aromatic N) is 3. The highest BCUT2D eigenvalue weighted by molar-refractivity contribution is 5.91. The van der Waals surface area contributed by atoms with Crippen LogP contribution in [-0.2, 0) is 18.4 Å². The minimum Gasteiger partial charge on any atom is -0.347 e. The summed E-state index contributed by atoms with van der Waals surface area (Å²) in [6.07, 6.45) is 6.80. The summed E-state index contributed by atoms with van der Waals surface area (Å²) in [4.78, 5) is 15.9. The quantitative estimate of drug-likeness (QED) is 0.736. The van der Waals surface area contributed by atoms with Crippen LogP contribution in [0.1, 0.15) is 11.3 Å². The summed E-state index contributed by atoms with van der Waals surface area (Å²) in [5.74, 6) is -0.134. The first-order chi connectivity index (χ1) is 11.7. The molecular formula is C19H18N4O. The molecule has 120 valence electrons. The van der Waals surface area contributed by atoms with Crippen molar-refractivity contribution in [2.24, 2.45) is 7.05 Å². The Bertz CT molecular complexity index is 838. The van der Waals surface area contributed by atoms with Crippen molar-refractivity contribution in [1.82, 2.24) is 20.1 Å². The van der Waals surface area contributed by atoms with E-state index in [0.29, 0.717) is 6.54 Å². The molecule has 1 amide bonds. The fraction of sp³-hybridized carbons (Fsp3) is 0.105. The van der Waals surface area contributed by atoms with Gasteiger partial charge in [0.2, 0.25) is 5.91 Å². The molecule has 0 bridgehead atoms. The fourth-order valence-electron chi connectivity index (χ4n) is 2.31. The minimum absolute atomic E-state index is 0.134. The van der Waals surface area contributed by atoms with Crippen molar-refractivity contribution in [3.05, 3.63) is 78.3 Å². The largest absolute Gasteiger partial charge is 0.347 e. The first kappa shape index (κ1) is 15.7. The van der Waals surface area contributed by atoms with E-state index in [-0.39, 0.29) is 5.91 Å². The first-order valence-corrected chi connectivity index (χ1v) is 7.66. The van der Waals surface area contributed by atoms with E-state index in [9.17, 15) is 4.79 Å². The van der Waals surface area contributed by atoms with E-state index in [4.69, 9.17) is 0 Å². The van der Waals surface area contributed by atoms with Gasteiger partial charge in [-0.3, -0.25) is 14.5 Å². The maximum Gasteiger partial charge on any atom is 0.244 e. The smallest absolute Gasteiger partial charge is 0.244 e. The highest BCUT2D eigenvalue weighted by atomic mass is 16.1. The molecule has 2 heterocycles. The van der Waals surface area contributed by atoms with Gasteiger partial charge in [0.1, 0.15) is 0 Å². The van der Waals surface area contributed by atoms with Gasteiger partial charge in [0.05, 0.1) is 17.9 Å². The second-order valence-electron chi connectivity index (χ2n) is 5.34. The molecule has 2 aromatic heterocycles. The van der Waals surface area contributed by atoms with Gasteiger partial charge in [0.15, 0.2) is 0 Å². The number of carbonyl (C=O) groups excluding carboxylic acids is 1. The number of amides is 1. The SMILES string of the molecule is Cn1nc(-c2ccncc2)cc1CNC(=O)C=Cc1ccccc1. The zero-order valence-corrected chi connectivity index (χ0v) is 13.4. The van der Waals surface area contributed by atoms with Gasteiger partial charge in [-0.05, 0) is 29.8 Å². The van der Waals surface area contributed by atoms with E-state index in [1.165, 1.54) is 6.08 Å². The van der Waals surface area contributed by atoms with Gasteiger partial charge in [-0.1, -0.05) is 30.3 Å². The van der Waals surface area contributed by atoms with E-state index in [1.54, 1.807) is 23.2 Å². The van der Waals surface area contributed by atoms with Gasteiger partial charge in [-0.15, -0.1) is 0 Å². The van der Waals surface area contributed by atoms with E-state index in [1.807, 2.05) is 55.6 Å². The summed E-state index contributed by atoms with van der Waals surface area (Å²) in [5.41, 5.74) is 3.79. The Balaban J connectivity index is 1.62. The number of aryl methyl sites for hydroxylation is 1. The van der Waals surface area contributed by atoms with Crippen molar-refractivity contribution in [3.63, 3.8) is 0 Å². The molecule has 5 heteroatoms. The van der Waals surface area contributed by atoms with Crippen molar-refractivity contribution in [3.8, 4) is 11.3 Å². The topological polar surface area (TPSA) is 59.8 Å². The van der Waals surface area contributed by atoms with E-state index >= 15 is 0 Å². The molecule has 0 fully saturated rings. The van der Waals surface area contributed by atoms with Crippen LogP contribution in [0.2, 0.25) is 0 Å². The lowest BCUT2D eigenvalue weighted by atomic mass is 10.2. The molecule has 0 atom stereocenters. The summed E-state index contributed by atoms with van der Waals surface area (Å²) in [6, 6.07) is 15.5. The average molecular weight is 318 g/mol. The number of carbonyl (C=O) groups is 1. The molecule has 24 heavy (non-hydrogen) atoms. The number of pyridine rings is 1. The maximum atomic E-state index is 11.9. The van der Waals surface area contributed by atoms with Crippen LogP contribution >= 0.6 is 0 Å². The molecule has 0 radical (unpaired) electrons. The number of hydrogen-bond acceptors (Lipinski definition) is 3. The molecule has 0 aliphatic heterocycles. The van der Waals surface area contributed by atoms with Gasteiger partial charge >= 0.3 is 0 Å². The van der Waals surface area contributed by atoms with E-state index < -0.39 is 0 Å². The molecule has 1 aromatic carbocycles. The Labute approximate surface area is 140 Å². The fourth-order valence-corrected chi connectivity index (χ4v) is 2.31. The van der Waals surface area contributed by atoms with Gasteiger partial charge < -0.3 is 5.32 Å². The zero-order valence-electron chi connectivity index (χ0n) is 13.4. The molecule has 0 aliphatic rings. The number of nitrogens with one attached hydrogen (secondary N) is 1. The van der Waals surface area contributed by atoms with Gasteiger partial charge in [0.25, 0.3) is 0 Å². The van der Waals surface area contributed by atoms with Crippen molar-refractivity contribution >= 4 is 12.0 Å².